The molecule has 92 valence electrons. The van der Waals surface area contributed by atoms with Crippen molar-refractivity contribution in [2.24, 2.45) is 5.92 Å². The van der Waals surface area contributed by atoms with Crippen LogP contribution in [0.5, 0.6) is 0 Å². The monoisotopic (exact) mass is 252 g/mol. The van der Waals surface area contributed by atoms with Gasteiger partial charge in [-0.1, -0.05) is 18.5 Å². The van der Waals surface area contributed by atoms with Crippen LogP contribution in [0.25, 0.3) is 0 Å². The highest BCUT2D eigenvalue weighted by Gasteiger charge is 2.19. The minimum absolute atomic E-state index is 0.461. The van der Waals surface area contributed by atoms with Crippen LogP contribution < -0.4 is 10.6 Å². The minimum atomic E-state index is 0.461. The van der Waals surface area contributed by atoms with Crippen molar-refractivity contribution in [2.75, 3.05) is 23.7 Å². The highest BCUT2D eigenvalue weighted by Crippen LogP contribution is 2.31. The number of hydrogen-bond acceptors (Lipinski definition) is 3. The van der Waals surface area contributed by atoms with Crippen LogP contribution in [0.1, 0.15) is 30.1 Å². The van der Waals surface area contributed by atoms with E-state index in [4.69, 9.17) is 17.3 Å². The number of carbonyl (C=O) groups is 1. The van der Waals surface area contributed by atoms with Gasteiger partial charge in [-0.15, -0.1) is 0 Å². The number of halogens is 1. The fourth-order valence-corrected chi connectivity index (χ4v) is 2.37. The van der Waals surface area contributed by atoms with Crippen LogP contribution >= 0.6 is 11.6 Å². The number of carbonyl (C=O) groups excluding carboxylic acids is 1. The molecule has 0 radical (unpaired) electrons. The number of benzene rings is 1. The molecule has 1 saturated heterocycles. The fraction of sp³-hybridized carbons (Fsp3) is 0.462. The van der Waals surface area contributed by atoms with Crippen LogP contribution in [-0.4, -0.2) is 19.4 Å². The Morgan fingerprint density at radius 1 is 1.41 bits per heavy atom. The Balaban J connectivity index is 2.31. The zero-order valence-electron chi connectivity index (χ0n) is 9.95. The summed E-state index contributed by atoms with van der Waals surface area (Å²) in [6, 6.07) is 3.46. The molecule has 0 aliphatic carbocycles. The highest BCUT2D eigenvalue weighted by molar-refractivity contribution is 6.33. The molecule has 1 aromatic carbocycles. The third-order valence-corrected chi connectivity index (χ3v) is 3.72. The van der Waals surface area contributed by atoms with Gasteiger partial charge in [-0.2, -0.15) is 0 Å². The SMILES string of the molecule is CC1CCN(c2cc(Cl)c(N)cc2C=O)CC1. The van der Waals surface area contributed by atoms with Crippen LogP contribution in [0.4, 0.5) is 11.4 Å². The number of anilines is 2. The molecule has 1 aliphatic rings. The van der Waals surface area contributed by atoms with E-state index in [1.165, 1.54) is 0 Å². The summed E-state index contributed by atoms with van der Waals surface area (Å²) >= 11 is 6.02. The van der Waals surface area contributed by atoms with Gasteiger partial charge in [0.25, 0.3) is 0 Å². The number of nitrogen functional groups attached to an aromatic ring is 1. The Morgan fingerprint density at radius 3 is 2.65 bits per heavy atom. The lowest BCUT2D eigenvalue weighted by Crippen LogP contribution is -2.33. The van der Waals surface area contributed by atoms with Crippen molar-refractivity contribution in [2.45, 2.75) is 19.8 Å². The second-order valence-corrected chi connectivity index (χ2v) is 5.13. The maximum absolute atomic E-state index is 11.1. The normalized spacial score (nSPS) is 17.2. The standard InChI is InChI=1S/C13H17ClN2O/c1-9-2-4-16(5-3-9)13-7-11(14)12(15)6-10(13)8-17/h6-9H,2-5,15H2,1H3. The van der Waals surface area contributed by atoms with Crippen LogP contribution in [0.15, 0.2) is 12.1 Å². The van der Waals surface area contributed by atoms with Crippen molar-refractivity contribution in [1.29, 1.82) is 0 Å². The van der Waals surface area contributed by atoms with Crippen molar-refractivity contribution < 1.29 is 4.79 Å². The van der Waals surface area contributed by atoms with Gasteiger partial charge in [-0.3, -0.25) is 4.79 Å². The van der Waals surface area contributed by atoms with Crippen molar-refractivity contribution in [3.63, 3.8) is 0 Å². The molecule has 0 bridgehead atoms. The van der Waals surface area contributed by atoms with Crippen LogP contribution in [0.2, 0.25) is 5.02 Å². The number of nitrogens with zero attached hydrogens (tertiary/aromatic N) is 1. The summed E-state index contributed by atoms with van der Waals surface area (Å²) in [5, 5.41) is 0.518. The maximum Gasteiger partial charge on any atom is 0.152 e. The lowest BCUT2D eigenvalue weighted by Gasteiger charge is -2.33. The van der Waals surface area contributed by atoms with Gasteiger partial charge in [0.2, 0.25) is 0 Å². The zero-order chi connectivity index (χ0) is 12.4. The summed E-state index contributed by atoms with van der Waals surface area (Å²) in [5.74, 6) is 0.759. The Hall–Kier alpha value is -1.22. The van der Waals surface area contributed by atoms with E-state index in [0.717, 1.165) is 43.8 Å². The average molecular weight is 253 g/mol. The molecule has 17 heavy (non-hydrogen) atoms. The van der Waals surface area contributed by atoms with Gasteiger partial charge in [0.15, 0.2) is 6.29 Å². The van der Waals surface area contributed by atoms with Gasteiger partial charge in [0.05, 0.1) is 10.7 Å². The number of hydrogen-bond donors (Lipinski definition) is 1. The third-order valence-electron chi connectivity index (χ3n) is 3.40. The van der Waals surface area contributed by atoms with Gasteiger partial charge in [0.1, 0.15) is 0 Å². The topological polar surface area (TPSA) is 46.3 Å². The van der Waals surface area contributed by atoms with Crippen LogP contribution in [0.3, 0.4) is 0 Å². The number of nitrogens with two attached hydrogens (primary N) is 1. The van der Waals surface area contributed by atoms with E-state index in [2.05, 4.69) is 11.8 Å². The van der Waals surface area contributed by atoms with Gasteiger partial charge >= 0.3 is 0 Å². The molecular formula is C13H17ClN2O. The summed E-state index contributed by atoms with van der Waals surface area (Å²) in [4.78, 5) is 13.3. The first-order valence-corrected chi connectivity index (χ1v) is 6.28. The molecule has 1 aromatic rings. The van der Waals surface area contributed by atoms with E-state index in [1.54, 1.807) is 12.1 Å². The Labute approximate surface area is 107 Å². The van der Waals surface area contributed by atoms with Gasteiger partial charge in [-0.25, -0.2) is 0 Å². The second-order valence-electron chi connectivity index (χ2n) is 4.72. The number of rotatable bonds is 2. The molecule has 4 heteroatoms. The molecule has 0 unspecified atom stereocenters. The van der Waals surface area contributed by atoms with Crippen LogP contribution in [0, 0.1) is 5.92 Å². The fourth-order valence-electron chi connectivity index (χ4n) is 2.21. The van der Waals surface area contributed by atoms with E-state index in [9.17, 15) is 4.79 Å². The van der Waals surface area contributed by atoms with Gasteiger partial charge in [0, 0.05) is 24.3 Å². The molecule has 0 atom stereocenters. The minimum Gasteiger partial charge on any atom is -0.398 e. The third kappa shape index (κ3) is 2.55. The summed E-state index contributed by atoms with van der Waals surface area (Å²) in [7, 11) is 0. The predicted molar refractivity (Wildman–Crippen MR) is 71.9 cm³/mol. The lowest BCUT2D eigenvalue weighted by molar-refractivity contribution is 0.112. The molecule has 2 rings (SSSR count). The zero-order valence-corrected chi connectivity index (χ0v) is 10.7. The van der Waals surface area contributed by atoms with E-state index in [1.807, 2.05) is 0 Å². The second kappa shape index (κ2) is 4.96. The summed E-state index contributed by atoms with van der Waals surface area (Å²) in [6.45, 7) is 4.21. The predicted octanol–water partition coefficient (Wildman–Crippen LogP) is 2.97. The first kappa shape index (κ1) is 12.2. The van der Waals surface area contributed by atoms with Crippen LogP contribution in [-0.2, 0) is 0 Å². The molecular weight excluding hydrogens is 236 g/mol. The maximum atomic E-state index is 11.1. The molecule has 0 saturated carbocycles. The number of aldehydes is 1. The van der Waals surface area contributed by atoms with Gasteiger partial charge < -0.3 is 10.6 Å². The summed E-state index contributed by atoms with van der Waals surface area (Å²) in [6.07, 6.45) is 3.15. The molecule has 3 nitrogen and oxygen atoms in total. The quantitative estimate of drug-likeness (QED) is 0.650. The lowest BCUT2D eigenvalue weighted by atomic mass is 9.98. The van der Waals surface area contributed by atoms with Crippen molar-refractivity contribution in [1.82, 2.24) is 0 Å². The Kier molecular flexibility index (Phi) is 3.57. The molecule has 0 spiro atoms. The smallest absolute Gasteiger partial charge is 0.152 e. The van der Waals surface area contributed by atoms with Crippen molar-refractivity contribution >= 4 is 29.3 Å². The Morgan fingerprint density at radius 2 is 2.06 bits per heavy atom. The van der Waals surface area contributed by atoms with E-state index < -0.39 is 0 Å². The van der Waals surface area contributed by atoms with Crippen molar-refractivity contribution in [3.05, 3.63) is 22.7 Å². The number of piperidine rings is 1. The van der Waals surface area contributed by atoms with Gasteiger partial charge in [-0.05, 0) is 30.9 Å². The summed E-state index contributed by atoms with van der Waals surface area (Å²) < 4.78 is 0. The van der Waals surface area contributed by atoms with E-state index in [0.29, 0.717) is 16.3 Å². The summed E-state index contributed by atoms with van der Waals surface area (Å²) in [5.41, 5.74) is 7.70. The molecule has 1 heterocycles. The first-order valence-electron chi connectivity index (χ1n) is 5.91. The first-order chi connectivity index (χ1) is 8.11. The Bertz CT molecular complexity index is 426. The molecule has 0 aromatic heterocycles. The largest absolute Gasteiger partial charge is 0.398 e. The highest BCUT2D eigenvalue weighted by atomic mass is 35.5. The molecule has 2 N–H and O–H groups in total. The van der Waals surface area contributed by atoms with E-state index >= 15 is 0 Å². The molecule has 1 fully saturated rings. The molecule has 1 aliphatic heterocycles. The molecule has 0 amide bonds. The van der Waals surface area contributed by atoms with E-state index in [-0.39, 0.29) is 0 Å². The average Bonchev–Trinajstić information content (AvgIpc) is 2.33. The van der Waals surface area contributed by atoms with Crippen molar-refractivity contribution in [3.8, 4) is 0 Å².